The highest BCUT2D eigenvalue weighted by Crippen LogP contribution is 2.21. The van der Waals surface area contributed by atoms with Crippen molar-refractivity contribution in [3.63, 3.8) is 0 Å². The van der Waals surface area contributed by atoms with Crippen molar-refractivity contribution in [2.45, 2.75) is 6.92 Å². The zero-order valence-electron chi connectivity index (χ0n) is 15.5. The molecule has 2 N–H and O–H groups in total. The van der Waals surface area contributed by atoms with E-state index in [-0.39, 0.29) is 6.54 Å². The van der Waals surface area contributed by atoms with Gasteiger partial charge in [0.2, 0.25) is 0 Å². The van der Waals surface area contributed by atoms with Gasteiger partial charge in [0.1, 0.15) is 23.3 Å². The van der Waals surface area contributed by atoms with Crippen molar-refractivity contribution in [2.24, 2.45) is 0 Å². The van der Waals surface area contributed by atoms with Crippen LogP contribution in [0.1, 0.15) is 17.3 Å². The SMILES string of the molecule is CCOc1ccccc1C(=O)NCC(=O)OCC(=O)Nc1cccc2nsnc12. The second kappa shape index (κ2) is 9.60. The first kappa shape index (κ1) is 20.2. The maximum Gasteiger partial charge on any atom is 0.325 e. The summed E-state index contributed by atoms with van der Waals surface area (Å²) in [5.41, 5.74) is 2.03. The monoisotopic (exact) mass is 414 g/mol. The van der Waals surface area contributed by atoms with Gasteiger partial charge in [-0.3, -0.25) is 14.4 Å². The summed E-state index contributed by atoms with van der Waals surface area (Å²) in [6.07, 6.45) is 0. The van der Waals surface area contributed by atoms with E-state index in [0.717, 1.165) is 11.7 Å². The fourth-order valence-corrected chi connectivity index (χ4v) is 3.02. The summed E-state index contributed by atoms with van der Waals surface area (Å²) in [5, 5.41) is 5.07. The molecule has 0 aliphatic carbocycles. The highest BCUT2D eigenvalue weighted by molar-refractivity contribution is 7.00. The number of amides is 2. The third-order valence-electron chi connectivity index (χ3n) is 3.75. The van der Waals surface area contributed by atoms with Crippen molar-refractivity contribution in [1.82, 2.24) is 14.1 Å². The molecule has 2 aromatic carbocycles. The van der Waals surface area contributed by atoms with Crippen LogP contribution < -0.4 is 15.4 Å². The molecule has 3 aromatic rings. The van der Waals surface area contributed by atoms with Gasteiger partial charge in [-0.15, -0.1) is 0 Å². The van der Waals surface area contributed by atoms with Crippen LogP contribution in [0.15, 0.2) is 42.5 Å². The Morgan fingerprint density at radius 1 is 1.07 bits per heavy atom. The first-order valence-electron chi connectivity index (χ1n) is 8.75. The summed E-state index contributed by atoms with van der Waals surface area (Å²) in [7, 11) is 0. The van der Waals surface area contributed by atoms with E-state index in [4.69, 9.17) is 9.47 Å². The van der Waals surface area contributed by atoms with Crippen LogP contribution in [0.3, 0.4) is 0 Å². The van der Waals surface area contributed by atoms with Crippen molar-refractivity contribution in [2.75, 3.05) is 25.1 Å². The fraction of sp³-hybridized carbons (Fsp3) is 0.211. The van der Waals surface area contributed by atoms with Gasteiger partial charge in [-0.25, -0.2) is 0 Å². The van der Waals surface area contributed by atoms with Crippen LogP contribution in [0.5, 0.6) is 5.75 Å². The minimum atomic E-state index is -0.740. The Hall–Kier alpha value is -3.53. The van der Waals surface area contributed by atoms with E-state index in [1.165, 1.54) is 0 Å². The molecular formula is C19H18N4O5S. The molecular weight excluding hydrogens is 396 g/mol. The summed E-state index contributed by atoms with van der Waals surface area (Å²) < 4.78 is 18.5. The van der Waals surface area contributed by atoms with Crippen molar-refractivity contribution in [3.05, 3.63) is 48.0 Å². The van der Waals surface area contributed by atoms with Crippen molar-refractivity contribution in [1.29, 1.82) is 0 Å². The summed E-state index contributed by atoms with van der Waals surface area (Å²) >= 11 is 1.04. The minimum absolute atomic E-state index is 0.310. The first-order chi connectivity index (χ1) is 14.1. The summed E-state index contributed by atoms with van der Waals surface area (Å²) in [4.78, 5) is 36.1. The highest BCUT2D eigenvalue weighted by Gasteiger charge is 2.15. The summed E-state index contributed by atoms with van der Waals surface area (Å²) in [5.74, 6) is -1.31. The van der Waals surface area contributed by atoms with Crippen LogP contribution in [-0.4, -0.2) is 46.3 Å². The number of carbonyl (C=O) groups excluding carboxylic acids is 3. The normalized spacial score (nSPS) is 10.4. The number of para-hydroxylation sites is 1. The lowest BCUT2D eigenvalue weighted by Gasteiger charge is -2.10. The van der Waals surface area contributed by atoms with Crippen molar-refractivity contribution < 1.29 is 23.9 Å². The van der Waals surface area contributed by atoms with E-state index < -0.39 is 24.4 Å². The molecule has 0 radical (unpaired) electrons. The number of hydrogen-bond acceptors (Lipinski definition) is 8. The molecule has 9 nitrogen and oxygen atoms in total. The quantitative estimate of drug-likeness (QED) is 0.541. The highest BCUT2D eigenvalue weighted by atomic mass is 32.1. The number of nitrogens with one attached hydrogen (secondary N) is 2. The molecule has 0 aliphatic rings. The molecule has 0 aliphatic heterocycles. The number of aromatic nitrogens is 2. The molecule has 3 rings (SSSR count). The fourth-order valence-electron chi connectivity index (χ4n) is 2.47. The lowest BCUT2D eigenvalue weighted by atomic mass is 10.2. The smallest absolute Gasteiger partial charge is 0.325 e. The Balaban J connectivity index is 1.47. The number of anilines is 1. The third-order valence-corrected chi connectivity index (χ3v) is 4.29. The van der Waals surface area contributed by atoms with Gasteiger partial charge in [-0.05, 0) is 31.2 Å². The number of carbonyl (C=O) groups is 3. The van der Waals surface area contributed by atoms with Crippen LogP contribution in [0, 0.1) is 0 Å². The number of hydrogen-bond donors (Lipinski definition) is 2. The van der Waals surface area contributed by atoms with Gasteiger partial charge in [-0.1, -0.05) is 18.2 Å². The number of benzene rings is 2. The number of nitrogens with zero attached hydrogens (tertiary/aromatic N) is 2. The molecule has 0 atom stereocenters. The molecule has 1 aromatic heterocycles. The second-order valence-corrected chi connectivity index (χ2v) is 6.29. The average molecular weight is 414 g/mol. The lowest BCUT2D eigenvalue weighted by Crippen LogP contribution is -2.32. The number of fused-ring (bicyclic) bond motifs is 1. The molecule has 0 spiro atoms. The zero-order chi connectivity index (χ0) is 20.6. The predicted molar refractivity (Wildman–Crippen MR) is 107 cm³/mol. The molecule has 0 saturated heterocycles. The van der Waals surface area contributed by atoms with Gasteiger partial charge in [0.05, 0.1) is 29.6 Å². The van der Waals surface area contributed by atoms with Crippen LogP contribution in [-0.2, 0) is 14.3 Å². The van der Waals surface area contributed by atoms with Gasteiger partial charge in [0.25, 0.3) is 11.8 Å². The van der Waals surface area contributed by atoms with Crippen LogP contribution in [0.4, 0.5) is 5.69 Å². The maximum absolute atomic E-state index is 12.2. The van der Waals surface area contributed by atoms with Gasteiger partial charge in [-0.2, -0.15) is 8.75 Å². The molecule has 150 valence electrons. The number of esters is 1. The van der Waals surface area contributed by atoms with E-state index in [0.29, 0.717) is 34.6 Å². The molecule has 0 saturated carbocycles. The number of rotatable bonds is 8. The molecule has 1 heterocycles. The summed E-state index contributed by atoms with van der Waals surface area (Å²) in [6, 6.07) is 11.9. The van der Waals surface area contributed by atoms with E-state index >= 15 is 0 Å². The largest absolute Gasteiger partial charge is 0.493 e. The van der Waals surface area contributed by atoms with Crippen molar-refractivity contribution >= 4 is 46.2 Å². The van der Waals surface area contributed by atoms with Gasteiger partial charge in [0.15, 0.2) is 6.61 Å². The Morgan fingerprint density at radius 2 is 1.90 bits per heavy atom. The standard InChI is InChI=1S/C19H18N4O5S/c1-2-27-15-9-4-3-6-12(15)19(26)20-10-17(25)28-11-16(24)21-13-7-5-8-14-18(13)23-29-22-14/h3-9H,2,10-11H2,1H3,(H,20,26)(H,21,24). The predicted octanol–water partition coefficient (Wildman–Crippen LogP) is 2.00. The van der Waals surface area contributed by atoms with Crippen LogP contribution >= 0.6 is 11.7 Å². The van der Waals surface area contributed by atoms with E-state index in [2.05, 4.69) is 19.4 Å². The molecule has 2 amide bonds. The van der Waals surface area contributed by atoms with E-state index in [9.17, 15) is 14.4 Å². The molecule has 0 unspecified atom stereocenters. The molecule has 0 bridgehead atoms. The first-order valence-corrected chi connectivity index (χ1v) is 9.48. The Morgan fingerprint density at radius 3 is 2.72 bits per heavy atom. The molecule has 10 heteroatoms. The number of ether oxygens (including phenoxy) is 2. The van der Waals surface area contributed by atoms with Crippen molar-refractivity contribution in [3.8, 4) is 5.75 Å². The van der Waals surface area contributed by atoms with Gasteiger partial charge >= 0.3 is 5.97 Å². The van der Waals surface area contributed by atoms with E-state index in [1.54, 1.807) is 42.5 Å². The maximum atomic E-state index is 12.2. The average Bonchev–Trinajstić information content (AvgIpc) is 3.21. The van der Waals surface area contributed by atoms with Crippen LogP contribution in [0.25, 0.3) is 11.0 Å². The second-order valence-electron chi connectivity index (χ2n) is 5.76. The molecule has 0 fully saturated rings. The van der Waals surface area contributed by atoms with Gasteiger partial charge in [0, 0.05) is 0 Å². The van der Waals surface area contributed by atoms with E-state index in [1.807, 2.05) is 6.92 Å². The Bertz CT molecular complexity index is 1040. The Kier molecular flexibility index (Phi) is 6.69. The topological polar surface area (TPSA) is 120 Å². The molecule has 29 heavy (non-hydrogen) atoms. The van der Waals surface area contributed by atoms with Crippen LogP contribution in [0.2, 0.25) is 0 Å². The third kappa shape index (κ3) is 5.26. The zero-order valence-corrected chi connectivity index (χ0v) is 16.3. The Labute approximate surface area is 170 Å². The summed E-state index contributed by atoms with van der Waals surface area (Å²) in [6.45, 7) is 1.35. The van der Waals surface area contributed by atoms with Gasteiger partial charge < -0.3 is 20.1 Å². The minimum Gasteiger partial charge on any atom is -0.493 e. The lowest BCUT2D eigenvalue weighted by molar-refractivity contribution is -0.146.